The second-order valence-corrected chi connectivity index (χ2v) is 7.80. The number of nitrogens with zero attached hydrogens (tertiary/aromatic N) is 1. The van der Waals surface area contributed by atoms with Crippen LogP contribution in [0.3, 0.4) is 0 Å². The van der Waals surface area contributed by atoms with Gasteiger partial charge in [0.25, 0.3) is 0 Å². The van der Waals surface area contributed by atoms with E-state index < -0.39 is 10.0 Å². The summed E-state index contributed by atoms with van der Waals surface area (Å²) in [6.07, 6.45) is 0. The average Bonchev–Trinajstić information content (AvgIpc) is 2.44. The third-order valence-electron chi connectivity index (χ3n) is 3.34. The van der Waals surface area contributed by atoms with Crippen molar-refractivity contribution in [3.63, 3.8) is 0 Å². The molecular weight excluding hydrogens is 300 g/mol. The molecule has 1 aromatic carbocycles. The number of hydrogen-bond donors (Lipinski definition) is 1. The molecule has 0 aliphatic heterocycles. The van der Waals surface area contributed by atoms with E-state index in [1.165, 1.54) is 4.31 Å². The Bertz CT molecular complexity index is 624. The summed E-state index contributed by atoms with van der Waals surface area (Å²) in [5, 5.41) is 2.75. The molecular formula is C16H26N2O3S. The van der Waals surface area contributed by atoms with Crippen LogP contribution >= 0.6 is 0 Å². The molecule has 0 atom stereocenters. The number of carbonyl (C=O) groups excluding carboxylic acids is 1. The molecule has 1 N–H and O–H groups in total. The molecule has 22 heavy (non-hydrogen) atoms. The first-order chi connectivity index (χ1) is 10.2. The van der Waals surface area contributed by atoms with Crippen molar-refractivity contribution in [3.8, 4) is 0 Å². The fraction of sp³-hybridized carbons (Fsp3) is 0.562. The molecule has 0 saturated carbocycles. The fourth-order valence-electron chi connectivity index (χ4n) is 2.03. The van der Waals surface area contributed by atoms with Gasteiger partial charge in [-0.25, -0.2) is 8.42 Å². The van der Waals surface area contributed by atoms with Crippen molar-refractivity contribution in [2.75, 3.05) is 19.6 Å². The van der Waals surface area contributed by atoms with Gasteiger partial charge in [0, 0.05) is 13.1 Å². The van der Waals surface area contributed by atoms with E-state index >= 15 is 0 Å². The monoisotopic (exact) mass is 326 g/mol. The summed E-state index contributed by atoms with van der Waals surface area (Å²) in [4.78, 5) is 12.2. The first-order valence-electron chi connectivity index (χ1n) is 7.52. The van der Waals surface area contributed by atoms with Gasteiger partial charge < -0.3 is 5.32 Å². The maximum Gasteiger partial charge on any atom is 0.243 e. The number of likely N-dealkylation sites (N-methyl/N-ethyl adjacent to an activating group) is 1. The van der Waals surface area contributed by atoms with Crippen LogP contribution in [0.5, 0.6) is 0 Å². The zero-order valence-corrected chi connectivity index (χ0v) is 14.8. The molecule has 0 saturated heterocycles. The zero-order chi connectivity index (χ0) is 16.9. The minimum atomic E-state index is -3.67. The standard InChI is InChI=1S/C16H26N2O3S/c1-6-18(11-16(19)17-10-12(2)3)22(20,21)15-9-13(4)7-8-14(15)5/h7-9,12H,6,10-11H2,1-5H3,(H,17,19). The first-order valence-corrected chi connectivity index (χ1v) is 8.96. The number of carbonyl (C=O) groups is 1. The Kier molecular flexibility index (Phi) is 6.56. The van der Waals surface area contributed by atoms with E-state index in [-0.39, 0.29) is 23.9 Å². The zero-order valence-electron chi connectivity index (χ0n) is 14.0. The van der Waals surface area contributed by atoms with Crippen LogP contribution in [0, 0.1) is 19.8 Å². The normalized spacial score (nSPS) is 12.0. The smallest absolute Gasteiger partial charge is 0.243 e. The van der Waals surface area contributed by atoms with E-state index in [0.717, 1.165) is 5.56 Å². The lowest BCUT2D eigenvalue weighted by atomic mass is 10.2. The van der Waals surface area contributed by atoms with Crippen LogP contribution < -0.4 is 5.32 Å². The molecule has 0 heterocycles. The molecule has 0 spiro atoms. The molecule has 0 fully saturated rings. The van der Waals surface area contributed by atoms with Crippen LogP contribution in [0.15, 0.2) is 23.1 Å². The lowest BCUT2D eigenvalue weighted by Crippen LogP contribution is -2.41. The van der Waals surface area contributed by atoms with E-state index in [4.69, 9.17) is 0 Å². The molecule has 5 nitrogen and oxygen atoms in total. The summed E-state index contributed by atoms with van der Waals surface area (Å²) < 4.78 is 26.7. The minimum absolute atomic E-state index is 0.154. The highest BCUT2D eigenvalue weighted by Gasteiger charge is 2.26. The Balaban J connectivity index is 2.97. The highest BCUT2D eigenvalue weighted by molar-refractivity contribution is 7.89. The predicted octanol–water partition coefficient (Wildman–Crippen LogP) is 2.09. The highest BCUT2D eigenvalue weighted by Crippen LogP contribution is 2.21. The van der Waals surface area contributed by atoms with E-state index in [0.29, 0.717) is 18.0 Å². The number of hydrogen-bond acceptors (Lipinski definition) is 3. The van der Waals surface area contributed by atoms with Crippen LogP contribution in [0.25, 0.3) is 0 Å². The van der Waals surface area contributed by atoms with Gasteiger partial charge in [0.15, 0.2) is 0 Å². The van der Waals surface area contributed by atoms with Crippen LogP contribution in [0.2, 0.25) is 0 Å². The molecule has 0 bridgehead atoms. The molecule has 6 heteroatoms. The number of aryl methyl sites for hydroxylation is 2. The number of sulfonamides is 1. The average molecular weight is 326 g/mol. The van der Waals surface area contributed by atoms with Gasteiger partial charge in [0.05, 0.1) is 11.4 Å². The molecule has 1 aromatic rings. The quantitative estimate of drug-likeness (QED) is 0.834. The van der Waals surface area contributed by atoms with Crippen molar-refractivity contribution in [2.45, 2.75) is 39.5 Å². The number of nitrogens with one attached hydrogen (secondary N) is 1. The predicted molar refractivity (Wildman–Crippen MR) is 88.2 cm³/mol. The van der Waals surface area contributed by atoms with Crippen molar-refractivity contribution < 1.29 is 13.2 Å². The van der Waals surface area contributed by atoms with Gasteiger partial charge in [-0.1, -0.05) is 32.9 Å². The maximum atomic E-state index is 12.8. The number of amides is 1. The van der Waals surface area contributed by atoms with Gasteiger partial charge in [-0.15, -0.1) is 0 Å². The largest absolute Gasteiger partial charge is 0.355 e. The molecule has 0 unspecified atom stereocenters. The number of rotatable bonds is 7. The van der Waals surface area contributed by atoms with Crippen LogP contribution in [0.4, 0.5) is 0 Å². The Morgan fingerprint density at radius 1 is 1.27 bits per heavy atom. The Morgan fingerprint density at radius 2 is 1.91 bits per heavy atom. The van der Waals surface area contributed by atoms with Gasteiger partial charge in [-0.3, -0.25) is 4.79 Å². The van der Waals surface area contributed by atoms with Crippen molar-refractivity contribution in [1.29, 1.82) is 0 Å². The van der Waals surface area contributed by atoms with Crippen molar-refractivity contribution in [1.82, 2.24) is 9.62 Å². The van der Waals surface area contributed by atoms with Crippen molar-refractivity contribution in [2.24, 2.45) is 5.92 Å². The van der Waals surface area contributed by atoms with E-state index in [2.05, 4.69) is 5.32 Å². The molecule has 0 aliphatic rings. The summed E-state index contributed by atoms with van der Waals surface area (Å²) in [5.41, 5.74) is 1.57. The minimum Gasteiger partial charge on any atom is -0.355 e. The third kappa shape index (κ3) is 4.81. The lowest BCUT2D eigenvalue weighted by molar-refractivity contribution is -0.121. The van der Waals surface area contributed by atoms with Crippen LogP contribution in [-0.2, 0) is 14.8 Å². The van der Waals surface area contributed by atoms with Gasteiger partial charge >= 0.3 is 0 Å². The van der Waals surface area contributed by atoms with Crippen molar-refractivity contribution in [3.05, 3.63) is 29.3 Å². The molecule has 0 radical (unpaired) electrons. The van der Waals surface area contributed by atoms with Gasteiger partial charge in [-0.05, 0) is 37.0 Å². The van der Waals surface area contributed by atoms with Gasteiger partial charge in [-0.2, -0.15) is 4.31 Å². The summed E-state index contributed by atoms with van der Waals surface area (Å²) >= 11 is 0. The summed E-state index contributed by atoms with van der Waals surface area (Å²) in [7, 11) is -3.67. The maximum absolute atomic E-state index is 12.8. The second-order valence-electron chi connectivity index (χ2n) is 5.90. The van der Waals surface area contributed by atoms with E-state index in [1.54, 1.807) is 26.0 Å². The molecule has 1 amide bonds. The van der Waals surface area contributed by atoms with Crippen LogP contribution in [-0.4, -0.2) is 38.3 Å². The van der Waals surface area contributed by atoms with Gasteiger partial charge in [0.1, 0.15) is 0 Å². The molecule has 0 aromatic heterocycles. The van der Waals surface area contributed by atoms with E-state index in [1.807, 2.05) is 26.8 Å². The molecule has 124 valence electrons. The third-order valence-corrected chi connectivity index (χ3v) is 5.40. The Hall–Kier alpha value is -1.40. The fourth-order valence-corrected chi connectivity index (χ4v) is 3.74. The molecule has 0 aliphatic carbocycles. The topological polar surface area (TPSA) is 66.5 Å². The summed E-state index contributed by atoms with van der Waals surface area (Å²) in [5.74, 6) is 0.0547. The van der Waals surface area contributed by atoms with Crippen LogP contribution in [0.1, 0.15) is 31.9 Å². The molecule has 1 rings (SSSR count). The first kappa shape index (κ1) is 18.6. The lowest BCUT2D eigenvalue weighted by Gasteiger charge is -2.21. The van der Waals surface area contributed by atoms with Crippen molar-refractivity contribution >= 4 is 15.9 Å². The second kappa shape index (κ2) is 7.74. The Labute approximate surface area is 133 Å². The SMILES string of the molecule is CCN(CC(=O)NCC(C)C)S(=O)(=O)c1cc(C)ccc1C. The van der Waals surface area contributed by atoms with Gasteiger partial charge in [0.2, 0.25) is 15.9 Å². The summed E-state index contributed by atoms with van der Waals surface area (Å²) in [6, 6.07) is 5.31. The Morgan fingerprint density at radius 3 is 2.45 bits per heavy atom. The summed E-state index contributed by atoms with van der Waals surface area (Å²) in [6.45, 7) is 9.97. The van der Waals surface area contributed by atoms with E-state index in [9.17, 15) is 13.2 Å². The highest BCUT2D eigenvalue weighted by atomic mass is 32.2. The number of benzene rings is 1.